The molecule has 1 aliphatic heterocycles. The molecule has 1 atom stereocenters. The van der Waals surface area contributed by atoms with Gasteiger partial charge in [0.25, 0.3) is 0 Å². The van der Waals surface area contributed by atoms with Gasteiger partial charge in [-0.25, -0.2) is 0 Å². The van der Waals surface area contributed by atoms with E-state index in [1.807, 2.05) is 4.90 Å². The molecule has 1 heterocycles. The number of nitrogens with zero attached hydrogens (tertiary/aromatic N) is 1. The topological polar surface area (TPSA) is 46.6 Å². The first-order chi connectivity index (χ1) is 16.5. The fourth-order valence-electron chi connectivity index (χ4n) is 4.96. The van der Waals surface area contributed by atoms with E-state index in [2.05, 4.69) is 39.8 Å². The summed E-state index contributed by atoms with van der Waals surface area (Å²) in [6, 6.07) is 0. The zero-order valence-corrected chi connectivity index (χ0v) is 26.9. The quantitative estimate of drug-likeness (QED) is 0.0699. The van der Waals surface area contributed by atoms with E-state index in [9.17, 15) is 9.59 Å². The van der Waals surface area contributed by atoms with Crippen molar-refractivity contribution in [2.24, 2.45) is 5.92 Å². The summed E-state index contributed by atoms with van der Waals surface area (Å²) >= 11 is -2.89. The molecule has 0 N–H and O–H groups in total. The molecule has 1 aliphatic rings. The molecule has 4 nitrogen and oxygen atoms in total. The van der Waals surface area contributed by atoms with Crippen molar-refractivity contribution in [1.82, 2.24) is 4.90 Å². The first-order valence-electron chi connectivity index (χ1n) is 14.7. The molecule has 0 aromatic carbocycles. The normalized spacial score (nSPS) is 16.6. The van der Waals surface area contributed by atoms with Crippen LogP contribution >= 0.6 is 0 Å². The minimum absolute atomic E-state index is 0.0795. The molecule has 1 unspecified atom stereocenters. The average Bonchev–Trinajstić information content (AvgIpc) is 3.22. The summed E-state index contributed by atoms with van der Waals surface area (Å²) in [5.74, 6) is -0.170. The molecule has 0 aromatic heterocycles. The Labute approximate surface area is 217 Å². The Balaban J connectivity index is 2.04. The predicted octanol–water partition coefficient (Wildman–Crippen LogP) is 8.42. The Morgan fingerprint density at radius 2 is 1.32 bits per heavy atom. The van der Waals surface area contributed by atoms with Gasteiger partial charge in [0, 0.05) is 0 Å². The monoisotopic (exact) mass is 673 g/mol. The summed E-state index contributed by atoms with van der Waals surface area (Å²) in [5.41, 5.74) is 0. The molecular weight excluding hydrogens is 618 g/mol. The molecule has 198 valence electrons. The van der Waals surface area contributed by atoms with E-state index >= 15 is 0 Å². The van der Waals surface area contributed by atoms with Gasteiger partial charge in [0.05, 0.1) is 0 Å². The van der Waals surface area contributed by atoms with E-state index in [1.54, 1.807) is 0 Å². The SMILES string of the molecule is CCCCCCCCC=CCCCCCCCCN1CC(C(=O)[O][Pb]([CH2]C)([CH2]C)[CH2]C)CC1=O. The van der Waals surface area contributed by atoms with Gasteiger partial charge in [0.1, 0.15) is 0 Å². The molecule has 0 spiro atoms. The van der Waals surface area contributed by atoms with Crippen LogP contribution in [0.5, 0.6) is 0 Å². The first-order valence-corrected chi connectivity index (χ1v) is 24.5. The predicted molar refractivity (Wildman–Crippen MR) is 147 cm³/mol. The van der Waals surface area contributed by atoms with Gasteiger partial charge >= 0.3 is 147 Å². The summed E-state index contributed by atoms with van der Waals surface area (Å²) in [5, 5.41) is 0. The second kappa shape index (κ2) is 19.8. The minimum atomic E-state index is -2.89. The molecule has 0 aliphatic carbocycles. The van der Waals surface area contributed by atoms with Gasteiger partial charge in [-0.05, 0) is 19.3 Å². The molecule has 1 amide bonds. The zero-order chi connectivity index (χ0) is 25.1. The number of amides is 1. The second-order valence-corrected chi connectivity index (χ2v) is 28.6. The van der Waals surface area contributed by atoms with Crippen molar-refractivity contribution in [2.75, 3.05) is 13.1 Å². The second-order valence-electron chi connectivity index (χ2n) is 10.3. The molecule has 34 heavy (non-hydrogen) atoms. The molecule has 1 rings (SSSR count). The van der Waals surface area contributed by atoms with Crippen LogP contribution < -0.4 is 0 Å². The fourth-order valence-corrected chi connectivity index (χ4v) is 14.8. The van der Waals surface area contributed by atoms with Gasteiger partial charge in [0.15, 0.2) is 0 Å². The van der Waals surface area contributed by atoms with E-state index in [1.165, 1.54) is 83.5 Å². The summed E-state index contributed by atoms with van der Waals surface area (Å²) in [4.78, 5) is 27.0. The van der Waals surface area contributed by atoms with Gasteiger partial charge in [-0.15, -0.1) is 0 Å². The number of rotatable bonds is 21. The Bertz CT molecular complexity index is 565. The van der Waals surface area contributed by atoms with Crippen molar-refractivity contribution >= 4 is 33.5 Å². The van der Waals surface area contributed by atoms with E-state index in [0.29, 0.717) is 13.0 Å². The summed E-state index contributed by atoms with van der Waals surface area (Å²) < 4.78 is 9.24. The van der Waals surface area contributed by atoms with E-state index in [-0.39, 0.29) is 17.8 Å². The van der Waals surface area contributed by atoms with Crippen LogP contribution in [0.3, 0.4) is 0 Å². The van der Waals surface area contributed by atoms with Gasteiger partial charge < -0.3 is 0 Å². The number of allylic oxidation sites excluding steroid dienone is 2. The first kappa shape index (κ1) is 31.6. The van der Waals surface area contributed by atoms with Gasteiger partial charge in [-0.2, -0.15) is 0 Å². The van der Waals surface area contributed by atoms with Crippen LogP contribution in [0.25, 0.3) is 0 Å². The Morgan fingerprint density at radius 1 is 0.824 bits per heavy atom. The van der Waals surface area contributed by atoms with E-state index in [0.717, 1.165) is 24.9 Å². The van der Waals surface area contributed by atoms with Crippen LogP contribution in [0.4, 0.5) is 0 Å². The number of hydrogen-bond donors (Lipinski definition) is 0. The molecular formula is C29H55NO3Pb. The molecule has 0 bridgehead atoms. The van der Waals surface area contributed by atoms with Crippen LogP contribution in [0, 0.1) is 5.92 Å². The van der Waals surface area contributed by atoms with E-state index in [4.69, 9.17) is 2.69 Å². The Hall–Kier alpha value is -0.398. The van der Waals surface area contributed by atoms with Crippen LogP contribution in [0.15, 0.2) is 12.2 Å². The Morgan fingerprint density at radius 3 is 1.85 bits per heavy atom. The fraction of sp³-hybridized carbons (Fsp3) is 0.862. The Kier molecular flexibility index (Phi) is 18.4. The zero-order valence-electron chi connectivity index (χ0n) is 23.0. The van der Waals surface area contributed by atoms with E-state index < -0.39 is 21.6 Å². The number of hydrogen-bond acceptors (Lipinski definition) is 3. The molecule has 0 aromatic rings. The third-order valence-corrected chi connectivity index (χ3v) is 25.2. The van der Waals surface area contributed by atoms with Crippen molar-refractivity contribution in [2.45, 2.75) is 136 Å². The van der Waals surface area contributed by atoms with Crippen molar-refractivity contribution in [3.05, 3.63) is 12.2 Å². The van der Waals surface area contributed by atoms with Crippen molar-refractivity contribution in [3.63, 3.8) is 0 Å². The van der Waals surface area contributed by atoms with Crippen LogP contribution in [0.2, 0.25) is 11.9 Å². The number of likely N-dealkylation sites (tertiary alicyclic amines) is 1. The molecule has 0 saturated carbocycles. The maximum absolute atomic E-state index is 12.7. The van der Waals surface area contributed by atoms with Crippen LogP contribution in [-0.4, -0.2) is 51.5 Å². The number of carbonyl (C=O) groups excluding carboxylic acids is 2. The number of unbranched alkanes of at least 4 members (excludes halogenated alkanes) is 12. The van der Waals surface area contributed by atoms with Crippen molar-refractivity contribution in [1.29, 1.82) is 0 Å². The maximum atomic E-state index is 12.7. The average molecular weight is 673 g/mol. The number of carbonyl (C=O) groups is 2. The van der Waals surface area contributed by atoms with Crippen LogP contribution in [0.1, 0.15) is 124 Å². The third-order valence-electron chi connectivity index (χ3n) is 7.74. The van der Waals surface area contributed by atoms with Gasteiger partial charge in [-0.3, -0.25) is 0 Å². The van der Waals surface area contributed by atoms with Crippen molar-refractivity contribution in [3.8, 4) is 0 Å². The van der Waals surface area contributed by atoms with Gasteiger partial charge in [0.2, 0.25) is 0 Å². The van der Waals surface area contributed by atoms with Crippen LogP contribution in [-0.2, 0) is 12.3 Å². The standard InChI is InChI=1S/C23H41NO3.3C2H5.Pb/c1-2-3-4-5-6-7-8-9-10-11-12-13-14-15-16-17-18-24-20-21(23(26)27)19-22(24)25;3*1-2;/h9-10,21H,2-8,11-20H2,1H3,(H,26,27);3*1H2,2H3;/q;;;;+1/p-1. The molecule has 5 heteroatoms. The molecule has 0 radical (unpaired) electrons. The molecule has 1 fully saturated rings. The van der Waals surface area contributed by atoms with Gasteiger partial charge in [-0.1, -0.05) is 51.2 Å². The van der Waals surface area contributed by atoms with Crippen molar-refractivity contribution < 1.29 is 12.3 Å². The third kappa shape index (κ3) is 13.1. The molecule has 1 saturated heterocycles. The summed E-state index contributed by atoms with van der Waals surface area (Å²) in [6.45, 7) is 10.2. The summed E-state index contributed by atoms with van der Waals surface area (Å²) in [7, 11) is 0. The summed E-state index contributed by atoms with van der Waals surface area (Å²) in [6.07, 6.45) is 23.2.